The second-order valence-electron chi connectivity index (χ2n) is 10.5. The molecule has 0 saturated heterocycles. The lowest BCUT2D eigenvalue weighted by Crippen LogP contribution is -2.13. The molecule has 214 valence electrons. The molecule has 2 rings (SSSR count). The molecule has 0 atom stereocenters. The lowest BCUT2D eigenvalue weighted by molar-refractivity contribution is 0.1000. The third-order valence-electron chi connectivity index (χ3n) is 5.82. The van der Waals surface area contributed by atoms with Gasteiger partial charge in [-0.3, -0.25) is 4.79 Å². The minimum Gasteiger partial charge on any atom is -0.366 e. The highest BCUT2D eigenvalue weighted by atomic mass is 19.1. The Balaban J connectivity index is 0. The number of alkyl halides is 1. The van der Waals surface area contributed by atoms with Gasteiger partial charge in [0.2, 0.25) is 5.91 Å². The number of nitriles is 1. The minimum atomic E-state index is -1.19. The minimum absolute atomic E-state index is 0.400. The lowest BCUT2D eigenvalue weighted by atomic mass is 10.0. The molecule has 0 aliphatic rings. The van der Waals surface area contributed by atoms with Gasteiger partial charge in [0.25, 0.3) is 0 Å². The molecule has 2 aromatic rings. The van der Waals surface area contributed by atoms with Gasteiger partial charge < -0.3 is 5.73 Å². The van der Waals surface area contributed by atoms with Gasteiger partial charge in [-0.05, 0) is 80.5 Å². The summed E-state index contributed by atoms with van der Waals surface area (Å²) in [5.41, 5.74) is 9.66. The van der Waals surface area contributed by atoms with Gasteiger partial charge in [-0.1, -0.05) is 109 Å². The van der Waals surface area contributed by atoms with Crippen molar-refractivity contribution < 1.29 is 9.18 Å². The summed E-state index contributed by atoms with van der Waals surface area (Å²) in [4.78, 5) is 10.7. The number of hydrogen-bond donors (Lipinski definition) is 1. The van der Waals surface area contributed by atoms with E-state index in [4.69, 9.17) is 11.0 Å². The van der Waals surface area contributed by atoms with Crippen LogP contribution >= 0.6 is 0 Å². The van der Waals surface area contributed by atoms with Gasteiger partial charge in [-0.25, -0.2) is 4.39 Å². The summed E-state index contributed by atoms with van der Waals surface area (Å²) in [5.74, 6) is 0.504. The topological polar surface area (TPSA) is 66.9 Å². The van der Waals surface area contributed by atoms with Crippen LogP contribution in [0.2, 0.25) is 0 Å². The van der Waals surface area contributed by atoms with Crippen LogP contribution in [0.1, 0.15) is 115 Å². The van der Waals surface area contributed by atoms with E-state index in [0.29, 0.717) is 16.7 Å². The third-order valence-corrected chi connectivity index (χ3v) is 5.82. The van der Waals surface area contributed by atoms with E-state index >= 15 is 0 Å². The average Bonchev–Trinajstić information content (AvgIpc) is 2.88. The summed E-state index contributed by atoms with van der Waals surface area (Å²) in [7, 11) is 0. The van der Waals surface area contributed by atoms with Crippen LogP contribution in [0.5, 0.6) is 0 Å². The van der Waals surface area contributed by atoms with E-state index in [1.807, 2.05) is 51.1 Å². The Bertz CT molecular complexity index is 1030. The zero-order chi connectivity index (χ0) is 30.6. The fraction of sp³-hybridized carbons (Fsp3) is 0.429. The molecule has 2 N–H and O–H groups in total. The number of allylic oxidation sites excluding steroid dienone is 3. The summed E-state index contributed by atoms with van der Waals surface area (Å²) in [6, 6.07) is 16.6. The molecule has 2 aromatic carbocycles. The van der Waals surface area contributed by atoms with Crippen LogP contribution in [-0.2, 0) is 0 Å². The van der Waals surface area contributed by atoms with Gasteiger partial charge in [-0.15, -0.1) is 0 Å². The SMILES string of the molecule is C=C(C)c1ccc(C(N)=O)cc1.C=C(C)c1ccccc1C#N.C=C(CC)C(C)(C)F.CCCCCC(C)C. The molecule has 3 nitrogen and oxygen atoms in total. The Morgan fingerprint density at radius 3 is 1.77 bits per heavy atom. The van der Waals surface area contributed by atoms with Crippen molar-refractivity contribution in [2.24, 2.45) is 11.7 Å². The molecule has 4 heteroatoms. The zero-order valence-electron chi connectivity index (χ0n) is 25.7. The molecule has 0 spiro atoms. The molecule has 0 bridgehead atoms. The number of nitrogens with zero attached hydrogens (tertiary/aromatic N) is 1. The van der Waals surface area contributed by atoms with Crippen LogP contribution in [0.4, 0.5) is 4.39 Å². The molecule has 0 aliphatic heterocycles. The molecule has 0 heterocycles. The maximum Gasteiger partial charge on any atom is 0.248 e. The first-order chi connectivity index (χ1) is 18.1. The molecule has 1 amide bonds. The zero-order valence-corrected chi connectivity index (χ0v) is 25.7. The molecular formula is C35H51FN2O. The van der Waals surface area contributed by atoms with Crippen LogP contribution in [-0.4, -0.2) is 11.6 Å². The van der Waals surface area contributed by atoms with Crippen LogP contribution in [0.15, 0.2) is 73.8 Å². The molecule has 0 radical (unpaired) electrons. The highest BCUT2D eigenvalue weighted by Crippen LogP contribution is 2.20. The Kier molecular flexibility index (Phi) is 19.8. The van der Waals surface area contributed by atoms with Gasteiger partial charge in [-0.2, -0.15) is 5.26 Å². The number of halogens is 1. The number of unbranched alkanes of at least 4 members (excludes halogenated alkanes) is 2. The quantitative estimate of drug-likeness (QED) is 0.257. The predicted molar refractivity (Wildman–Crippen MR) is 169 cm³/mol. The first-order valence-electron chi connectivity index (χ1n) is 13.7. The number of benzene rings is 2. The van der Waals surface area contributed by atoms with Gasteiger partial charge in [0, 0.05) is 5.56 Å². The van der Waals surface area contributed by atoms with Gasteiger partial charge in [0.1, 0.15) is 5.67 Å². The maximum absolute atomic E-state index is 12.7. The van der Waals surface area contributed by atoms with Crippen molar-refractivity contribution >= 4 is 17.1 Å². The molecule has 0 aromatic heterocycles. The second kappa shape index (κ2) is 20.5. The van der Waals surface area contributed by atoms with Crippen LogP contribution in [0.25, 0.3) is 11.1 Å². The molecule has 0 fully saturated rings. The van der Waals surface area contributed by atoms with E-state index in [0.717, 1.165) is 34.6 Å². The molecule has 0 saturated carbocycles. The summed E-state index contributed by atoms with van der Waals surface area (Å²) in [5, 5.41) is 8.68. The first kappa shape index (κ1) is 37.7. The Hall–Kier alpha value is -3.45. The number of rotatable bonds is 9. The first-order valence-corrected chi connectivity index (χ1v) is 13.7. The summed E-state index contributed by atoms with van der Waals surface area (Å²) < 4.78 is 12.7. The van der Waals surface area contributed by atoms with E-state index < -0.39 is 11.6 Å². The van der Waals surface area contributed by atoms with Crippen molar-refractivity contribution in [1.82, 2.24) is 0 Å². The highest BCUT2D eigenvalue weighted by Gasteiger charge is 2.17. The van der Waals surface area contributed by atoms with Crippen molar-refractivity contribution in [1.29, 1.82) is 5.26 Å². The Labute approximate surface area is 238 Å². The summed E-state index contributed by atoms with van der Waals surface area (Å²) in [6.45, 7) is 26.7. The Morgan fingerprint density at radius 1 is 0.949 bits per heavy atom. The van der Waals surface area contributed by atoms with E-state index in [1.54, 1.807) is 18.2 Å². The van der Waals surface area contributed by atoms with Crippen molar-refractivity contribution in [2.75, 3.05) is 0 Å². The van der Waals surface area contributed by atoms with Gasteiger partial charge in [0.15, 0.2) is 0 Å². The van der Waals surface area contributed by atoms with Gasteiger partial charge in [0.05, 0.1) is 11.6 Å². The molecule has 0 aliphatic carbocycles. The standard InChI is InChI=1S/C10H11NO.C10H9N.C8H18.C7H13F/c1-7(2)8-3-5-9(6-4-8)10(11)12;1-8(2)10-6-4-3-5-9(10)7-11;1-4-5-6-7-8(2)3;1-5-6(2)7(3,4)8/h3-6H,1H2,2H3,(H2,11,12);3-6H,1H2,2H3;8H,4-7H2,1-3H3;2,5H2,1,3-4H3. The summed E-state index contributed by atoms with van der Waals surface area (Å²) >= 11 is 0. The van der Waals surface area contributed by atoms with Crippen molar-refractivity contribution in [3.05, 3.63) is 96.1 Å². The second-order valence-corrected chi connectivity index (χ2v) is 10.5. The Morgan fingerprint density at radius 2 is 1.46 bits per heavy atom. The summed E-state index contributed by atoms with van der Waals surface area (Å²) in [6.07, 6.45) is 6.33. The normalized spacial score (nSPS) is 9.87. The number of carbonyl (C=O) groups excluding carboxylic acids is 1. The average molecular weight is 535 g/mol. The van der Waals surface area contributed by atoms with Crippen molar-refractivity contribution in [2.45, 2.75) is 93.2 Å². The van der Waals surface area contributed by atoms with E-state index in [-0.39, 0.29) is 0 Å². The van der Waals surface area contributed by atoms with E-state index in [1.165, 1.54) is 39.5 Å². The number of hydrogen-bond acceptors (Lipinski definition) is 2. The van der Waals surface area contributed by atoms with Gasteiger partial charge >= 0.3 is 0 Å². The van der Waals surface area contributed by atoms with Crippen LogP contribution in [0, 0.1) is 17.2 Å². The third kappa shape index (κ3) is 18.4. The molecule has 0 unspecified atom stereocenters. The number of amides is 1. The monoisotopic (exact) mass is 534 g/mol. The highest BCUT2D eigenvalue weighted by molar-refractivity contribution is 5.93. The lowest BCUT2D eigenvalue weighted by Gasteiger charge is -2.14. The molecule has 39 heavy (non-hydrogen) atoms. The van der Waals surface area contributed by atoms with Crippen molar-refractivity contribution in [3.8, 4) is 6.07 Å². The fourth-order valence-electron chi connectivity index (χ4n) is 3.09. The largest absolute Gasteiger partial charge is 0.366 e. The maximum atomic E-state index is 12.7. The smallest absolute Gasteiger partial charge is 0.248 e. The van der Waals surface area contributed by atoms with Crippen LogP contribution in [0.3, 0.4) is 0 Å². The predicted octanol–water partition coefficient (Wildman–Crippen LogP) is 10.3. The van der Waals surface area contributed by atoms with E-state index in [2.05, 4.69) is 46.6 Å². The van der Waals surface area contributed by atoms with E-state index in [9.17, 15) is 9.18 Å². The number of primary amides is 1. The van der Waals surface area contributed by atoms with Crippen LogP contribution < -0.4 is 5.73 Å². The number of carbonyl (C=O) groups is 1. The molecular weight excluding hydrogens is 483 g/mol. The number of nitrogens with two attached hydrogens (primary N) is 1. The fourth-order valence-corrected chi connectivity index (χ4v) is 3.09. The van der Waals surface area contributed by atoms with Crippen molar-refractivity contribution in [3.63, 3.8) is 0 Å².